The van der Waals surface area contributed by atoms with Crippen molar-refractivity contribution in [3.63, 3.8) is 0 Å². The molecule has 1 aliphatic rings. The first-order chi connectivity index (χ1) is 5.34. The van der Waals surface area contributed by atoms with Gasteiger partial charge in [0.15, 0.2) is 0 Å². The van der Waals surface area contributed by atoms with Crippen molar-refractivity contribution in [2.24, 2.45) is 0 Å². The van der Waals surface area contributed by atoms with Crippen molar-refractivity contribution >= 4 is 11.6 Å². The minimum Gasteiger partial charge on any atom is -0.394 e. The highest BCUT2D eigenvalue weighted by Gasteiger charge is 2.15. The third-order valence-electron chi connectivity index (χ3n) is 1.73. The van der Waals surface area contributed by atoms with E-state index in [0.29, 0.717) is 6.61 Å². The molecule has 0 fully saturated rings. The lowest BCUT2D eigenvalue weighted by Crippen LogP contribution is -2.17. The number of aliphatic hydroxyl groups is 1. The van der Waals surface area contributed by atoms with Crippen LogP contribution in [0, 0.1) is 0 Å². The number of allylic oxidation sites excluding steroid dienone is 1. The summed E-state index contributed by atoms with van der Waals surface area (Å²) in [5.41, 5.74) is 0. The zero-order valence-electron chi connectivity index (χ0n) is 6.42. The topological polar surface area (TPSA) is 29.5 Å². The zero-order chi connectivity index (χ0) is 8.10. The summed E-state index contributed by atoms with van der Waals surface area (Å²) in [4.78, 5) is 0. The van der Waals surface area contributed by atoms with Gasteiger partial charge in [0.05, 0.1) is 19.3 Å². The van der Waals surface area contributed by atoms with Crippen LogP contribution < -0.4 is 0 Å². The minimum atomic E-state index is 0.0394. The van der Waals surface area contributed by atoms with Crippen LogP contribution in [0.5, 0.6) is 0 Å². The molecule has 0 saturated heterocycles. The third-order valence-corrected chi connectivity index (χ3v) is 2.13. The molecule has 3 heteroatoms. The Morgan fingerprint density at radius 1 is 1.73 bits per heavy atom. The maximum atomic E-state index is 8.50. The van der Waals surface area contributed by atoms with Gasteiger partial charge in [-0.1, -0.05) is 17.7 Å². The van der Waals surface area contributed by atoms with Crippen LogP contribution in [0.25, 0.3) is 0 Å². The minimum absolute atomic E-state index is 0.0394. The smallest absolute Gasteiger partial charge is 0.0928 e. The average Bonchev–Trinajstić information content (AvgIpc) is 2.03. The molecular formula is C8H13ClO2. The highest BCUT2D eigenvalue weighted by molar-refractivity contribution is 6.30. The van der Waals surface area contributed by atoms with Gasteiger partial charge < -0.3 is 9.84 Å². The van der Waals surface area contributed by atoms with Crippen LogP contribution in [0.2, 0.25) is 0 Å². The fourth-order valence-corrected chi connectivity index (χ4v) is 1.45. The molecule has 0 aromatic heterocycles. The summed E-state index contributed by atoms with van der Waals surface area (Å²) in [7, 11) is 0. The Kier molecular flexibility index (Phi) is 3.91. The molecule has 0 aliphatic heterocycles. The number of rotatable bonds is 3. The maximum absolute atomic E-state index is 8.50. The number of hydrogen-bond acceptors (Lipinski definition) is 2. The van der Waals surface area contributed by atoms with E-state index in [9.17, 15) is 0 Å². The lowest BCUT2D eigenvalue weighted by atomic mass is 10.1. The molecule has 0 saturated carbocycles. The van der Waals surface area contributed by atoms with E-state index >= 15 is 0 Å². The quantitative estimate of drug-likeness (QED) is 0.709. The molecule has 0 aromatic rings. The number of aliphatic hydroxyl groups excluding tert-OH is 1. The summed E-state index contributed by atoms with van der Waals surface area (Å²) in [5.74, 6) is 0. The van der Waals surface area contributed by atoms with Crippen molar-refractivity contribution in [3.05, 3.63) is 11.1 Å². The van der Waals surface area contributed by atoms with E-state index in [-0.39, 0.29) is 12.7 Å². The van der Waals surface area contributed by atoms with Gasteiger partial charge in [0.2, 0.25) is 0 Å². The van der Waals surface area contributed by atoms with Gasteiger partial charge in [-0.3, -0.25) is 0 Å². The molecule has 1 atom stereocenters. The van der Waals surface area contributed by atoms with Crippen LogP contribution in [-0.4, -0.2) is 24.4 Å². The summed E-state index contributed by atoms with van der Waals surface area (Å²) in [6, 6.07) is 0. The van der Waals surface area contributed by atoms with Crippen molar-refractivity contribution in [2.75, 3.05) is 13.2 Å². The summed E-state index contributed by atoms with van der Waals surface area (Å²) in [6.45, 7) is 0.454. The Hall–Kier alpha value is -0.0500. The normalized spacial score (nSPS) is 24.9. The van der Waals surface area contributed by atoms with Crippen molar-refractivity contribution in [1.82, 2.24) is 0 Å². The molecule has 0 bridgehead atoms. The maximum Gasteiger partial charge on any atom is 0.0928 e. The Morgan fingerprint density at radius 3 is 3.18 bits per heavy atom. The van der Waals surface area contributed by atoms with Crippen molar-refractivity contribution < 1.29 is 9.84 Å². The summed E-state index contributed by atoms with van der Waals surface area (Å²) >= 11 is 5.87. The summed E-state index contributed by atoms with van der Waals surface area (Å²) in [6.07, 6.45) is 5.20. The van der Waals surface area contributed by atoms with E-state index in [1.165, 1.54) is 0 Å². The Bertz CT molecular complexity index is 145. The van der Waals surface area contributed by atoms with E-state index < -0.39 is 0 Å². The number of hydrogen-bond donors (Lipinski definition) is 1. The molecule has 1 unspecified atom stereocenters. The Labute approximate surface area is 71.8 Å². The first kappa shape index (κ1) is 9.04. The molecular weight excluding hydrogens is 164 g/mol. The predicted octanol–water partition coefficient (Wildman–Crippen LogP) is 1.67. The van der Waals surface area contributed by atoms with Crippen LogP contribution in [0.3, 0.4) is 0 Å². The van der Waals surface area contributed by atoms with E-state index in [0.717, 1.165) is 24.3 Å². The van der Waals surface area contributed by atoms with Crippen LogP contribution in [0.4, 0.5) is 0 Å². The van der Waals surface area contributed by atoms with Gasteiger partial charge in [0, 0.05) is 5.03 Å². The molecule has 2 nitrogen and oxygen atoms in total. The molecule has 64 valence electrons. The lowest BCUT2D eigenvalue weighted by Gasteiger charge is -2.19. The van der Waals surface area contributed by atoms with Gasteiger partial charge in [-0.05, 0) is 19.3 Å². The second-order valence-corrected chi connectivity index (χ2v) is 3.04. The molecule has 0 heterocycles. The Balaban J connectivity index is 2.31. The van der Waals surface area contributed by atoms with Gasteiger partial charge in [-0.15, -0.1) is 0 Å². The van der Waals surface area contributed by atoms with Crippen molar-refractivity contribution in [1.29, 1.82) is 0 Å². The standard InChI is InChI=1S/C8H13ClO2/c9-7-3-1-2-4-8(7)11-6-5-10/h3,8,10H,1-2,4-6H2. The molecule has 11 heavy (non-hydrogen) atoms. The van der Waals surface area contributed by atoms with Gasteiger partial charge in [-0.25, -0.2) is 0 Å². The fourth-order valence-electron chi connectivity index (χ4n) is 1.17. The van der Waals surface area contributed by atoms with Gasteiger partial charge in [-0.2, -0.15) is 0 Å². The van der Waals surface area contributed by atoms with Crippen LogP contribution in [-0.2, 0) is 4.74 Å². The lowest BCUT2D eigenvalue weighted by molar-refractivity contribution is 0.0446. The molecule has 1 aliphatic carbocycles. The van der Waals surface area contributed by atoms with Crippen molar-refractivity contribution in [2.45, 2.75) is 25.4 Å². The fraction of sp³-hybridized carbons (Fsp3) is 0.750. The molecule has 0 radical (unpaired) electrons. The monoisotopic (exact) mass is 176 g/mol. The SMILES string of the molecule is OCCOC1CCCC=C1Cl. The second-order valence-electron chi connectivity index (χ2n) is 2.60. The molecule has 0 aromatic carbocycles. The van der Waals surface area contributed by atoms with E-state index in [1.54, 1.807) is 0 Å². The molecule has 0 spiro atoms. The number of ether oxygens (including phenoxy) is 1. The number of halogens is 1. The highest BCUT2D eigenvalue weighted by atomic mass is 35.5. The summed E-state index contributed by atoms with van der Waals surface area (Å²) in [5, 5.41) is 9.29. The van der Waals surface area contributed by atoms with E-state index in [2.05, 4.69) is 0 Å². The first-order valence-electron chi connectivity index (χ1n) is 3.92. The zero-order valence-corrected chi connectivity index (χ0v) is 7.18. The van der Waals surface area contributed by atoms with E-state index in [1.807, 2.05) is 6.08 Å². The van der Waals surface area contributed by atoms with Crippen LogP contribution in [0.1, 0.15) is 19.3 Å². The average molecular weight is 177 g/mol. The largest absolute Gasteiger partial charge is 0.394 e. The molecule has 1 rings (SSSR count). The van der Waals surface area contributed by atoms with Crippen LogP contribution >= 0.6 is 11.6 Å². The van der Waals surface area contributed by atoms with Crippen molar-refractivity contribution in [3.8, 4) is 0 Å². The summed E-state index contributed by atoms with van der Waals surface area (Å²) < 4.78 is 5.29. The molecule has 1 N–H and O–H groups in total. The first-order valence-corrected chi connectivity index (χ1v) is 4.30. The van der Waals surface area contributed by atoms with Gasteiger partial charge in [0.1, 0.15) is 0 Å². The van der Waals surface area contributed by atoms with Crippen LogP contribution in [0.15, 0.2) is 11.1 Å². The van der Waals surface area contributed by atoms with Gasteiger partial charge >= 0.3 is 0 Å². The second kappa shape index (κ2) is 4.75. The third kappa shape index (κ3) is 2.81. The highest BCUT2D eigenvalue weighted by Crippen LogP contribution is 2.23. The molecule has 0 amide bonds. The van der Waals surface area contributed by atoms with E-state index in [4.69, 9.17) is 21.4 Å². The van der Waals surface area contributed by atoms with Gasteiger partial charge in [0.25, 0.3) is 0 Å². The Morgan fingerprint density at radius 2 is 2.55 bits per heavy atom. The predicted molar refractivity (Wildman–Crippen MR) is 44.6 cm³/mol.